The first-order valence-electron chi connectivity index (χ1n) is 12.4. The molecule has 0 bridgehead atoms. The van der Waals surface area contributed by atoms with E-state index in [1.165, 1.54) is 5.56 Å². The average molecular weight is 503 g/mol. The first-order chi connectivity index (χ1) is 17.7. The summed E-state index contributed by atoms with van der Waals surface area (Å²) in [5.41, 5.74) is 4.17. The quantitative estimate of drug-likeness (QED) is 0.327. The predicted molar refractivity (Wildman–Crippen MR) is 144 cm³/mol. The second-order valence-electron chi connectivity index (χ2n) is 8.85. The second-order valence-corrected chi connectivity index (χ2v) is 9.29. The standard InChI is InChI=1S/C29H31ClN4O2/c30-25-3-1-2-23(20-25)12-18-35-27-8-4-24(5-9-27)29-21-34(22-32-29)26-6-10-28(11-7-26)36-19-17-33-15-13-31-14-16-33/h1-11,20-22,31H,12-19H2. The van der Waals surface area contributed by atoms with Crippen molar-refractivity contribution in [2.45, 2.75) is 6.42 Å². The lowest BCUT2D eigenvalue weighted by Gasteiger charge is -2.26. The van der Waals surface area contributed by atoms with Gasteiger partial charge in [-0.1, -0.05) is 23.7 Å². The van der Waals surface area contributed by atoms with Crippen molar-refractivity contribution in [1.29, 1.82) is 0 Å². The number of rotatable bonds is 10. The Bertz CT molecular complexity index is 1230. The van der Waals surface area contributed by atoms with E-state index in [-0.39, 0.29) is 0 Å². The van der Waals surface area contributed by atoms with Gasteiger partial charge < -0.3 is 19.4 Å². The maximum absolute atomic E-state index is 6.05. The van der Waals surface area contributed by atoms with Crippen molar-refractivity contribution in [1.82, 2.24) is 19.8 Å². The number of ether oxygens (including phenoxy) is 2. The molecule has 0 aliphatic carbocycles. The fourth-order valence-electron chi connectivity index (χ4n) is 4.26. The van der Waals surface area contributed by atoms with E-state index in [1.807, 2.05) is 71.7 Å². The van der Waals surface area contributed by atoms with Crippen LogP contribution in [0.15, 0.2) is 85.3 Å². The van der Waals surface area contributed by atoms with E-state index >= 15 is 0 Å². The maximum atomic E-state index is 6.05. The van der Waals surface area contributed by atoms with Gasteiger partial charge in [0.1, 0.15) is 18.1 Å². The van der Waals surface area contributed by atoms with Gasteiger partial charge in [-0.2, -0.15) is 0 Å². The number of nitrogens with zero attached hydrogens (tertiary/aromatic N) is 3. The fraction of sp³-hybridized carbons (Fsp3) is 0.276. The molecule has 5 rings (SSSR count). The predicted octanol–water partition coefficient (Wildman–Crippen LogP) is 5.10. The van der Waals surface area contributed by atoms with Gasteiger partial charge in [-0.3, -0.25) is 4.90 Å². The van der Waals surface area contributed by atoms with Crippen LogP contribution in [0.2, 0.25) is 5.02 Å². The third-order valence-electron chi connectivity index (χ3n) is 6.30. The number of halogens is 1. The number of piperazine rings is 1. The number of nitrogens with one attached hydrogen (secondary N) is 1. The molecule has 6 nitrogen and oxygen atoms in total. The molecule has 2 heterocycles. The van der Waals surface area contributed by atoms with Crippen LogP contribution in [0.3, 0.4) is 0 Å². The molecule has 1 aliphatic heterocycles. The molecule has 1 aromatic heterocycles. The lowest BCUT2D eigenvalue weighted by Crippen LogP contribution is -2.44. The highest BCUT2D eigenvalue weighted by molar-refractivity contribution is 6.30. The minimum absolute atomic E-state index is 0.601. The molecule has 1 aliphatic rings. The highest BCUT2D eigenvalue weighted by atomic mass is 35.5. The summed E-state index contributed by atoms with van der Waals surface area (Å²) in [7, 11) is 0. The van der Waals surface area contributed by atoms with Crippen LogP contribution in [-0.4, -0.2) is 60.4 Å². The molecule has 0 radical (unpaired) electrons. The van der Waals surface area contributed by atoms with Crippen molar-refractivity contribution < 1.29 is 9.47 Å². The van der Waals surface area contributed by atoms with E-state index < -0.39 is 0 Å². The molecule has 0 amide bonds. The van der Waals surface area contributed by atoms with Crippen molar-refractivity contribution in [3.05, 3.63) is 95.9 Å². The van der Waals surface area contributed by atoms with E-state index in [2.05, 4.69) is 33.4 Å². The maximum Gasteiger partial charge on any atom is 0.119 e. The summed E-state index contributed by atoms with van der Waals surface area (Å²) in [5, 5.41) is 4.13. The minimum atomic E-state index is 0.601. The summed E-state index contributed by atoms with van der Waals surface area (Å²) in [5.74, 6) is 1.73. The summed E-state index contributed by atoms with van der Waals surface area (Å²) < 4.78 is 13.9. The molecular formula is C29H31ClN4O2. The Morgan fingerprint density at radius 2 is 1.58 bits per heavy atom. The third-order valence-corrected chi connectivity index (χ3v) is 6.54. The van der Waals surface area contributed by atoms with Crippen molar-refractivity contribution in [2.24, 2.45) is 0 Å². The second kappa shape index (κ2) is 12.1. The minimum Gasteiger partial charge on any atom is -0.493 e. The molecule has 0 saturated carbocycles. The Hall–Kier alpha value is -3.32. The first kappa shape index (κ1) is 24.4. The number of imidazole rings is 1. The average Bonchev–Trinajstić information content (AvgIpc) is 3.41. The van der Waals surface area contributed by atoms with Crippen molar-refractivity contribution >= 4 is 11.6 Å². The highest BCUT2D eigenvalue weighted by Crippen LogP contribution is 2.23. The summed E-state index contributed by atoms with van der Waals surface area (Å²) >= 11 is 6.05. The molecule has 1 fully saturated rings. The van der Waals surface area contributed by atoms with Crippen LogP contribution in [0, 0.1) is 0 Å². The monoisotopic (exact) mass is 502 g/mol. The van der Waals surface area contributed by atoms with E-state index in [0.717, 1.165) is 72.6 Å². The molecule has 0 spiro atoms. The van der Waals surface area contributed by atoms with Crippen LogP contribution in [0.4, 0.5) is 0 Å². The Morgan fingerprint density at radius 1 is 0.861 bits per heavy atom. The normalized spacial score (nSPS) is 14.0. The number of benzene rings is 3. The molecular weight excluding hydrogens is 472 g/mol. The zero-order valence-corrected chi connectivity index (χ0v) is 21.0. The lowest BCUT2D eigenvalue weighted by molar-refractivity contribution is 0.191. The first-order valence-corrected chi connectivity index (χ1v) is 12.8. The molecule has 186 valence electrons. The smallest absolute Gasteiger partial charge is 0.119 e. The molecule has 0 unspecified atom stereocenters. The lowest BCUT2D eigenvalue weighted by atomic mass is 10.1. The zero-order valence-electron chi connectivity index (χ0n) is 20.3. The zero-order chi connectivity index (χ0) is 24.6. The number of hydrogen-bond donors (Lipinski definition) is 1. The molecule has 3 aromatic carbocycles. The van der Waals surface area contributed by atoms with Gasteiger partial charge in [0.15, 0.2) is 0 Å². The van der Waals surface area contributed by atoms with Gasteiger partial charge in [-0.05, 0) is 66.2 Å². The van der Waals surface area contributed by atoms with E-state index in [0.29, 0.717) is 13.2 Å². The Morgan fingerprint density at radius 3 is 2.33 bits per heavy atom. The van der Waals surface area contributed by atoms with Gasteiger partial charge in [0.05, 0.1) is 18.6 Å². The number of hydrogen-bond acceptors (Lipinski definition) is 5. The van der Waals surface area contributed by atoms with Crippen LogP contribution in [-0.2, 0) is 6.42 Å². The molecule has 36 heavy (non-hydrogen) atoms. The van der Waals surface area contributed by atoms with Gasteiger partial charge >= 0.3 is 0 Å². The van der Waals surface area contributed by atoms with Gasteiger partial charge in [0.25, 0.3) is 0 Å². The summed E-state index contributed by atoms with van der Waals surface area (Å²) in [4.78, 5) is 7.02. The molecule has 4 aromatic rings. The van der Waals surface area contributed by atoms with Gasteiger partial charge in [-0.25, -0.2) is 4.98 Å². The summed E-state index contributed by atoms with van der Waals surface area (Å²) in [6.07, 6.45) is 4.69. The number of aromatic nitrogens is 2. The van der Waals surface area contributed by atoms with Gasteiger partial charge in [-0.15, -0.1) is 0 Å². The summed E-state index contributed by atoms with van der Waals surface area (Å²) in [6, 6.07) is 24.1. The molecule has 7 heteroatoms. The molecule has 1 N–H and O–H groups in total. The fourth-order valence-corrected chi connectivity index (χ4v) is 4.47. The van der Waals surface area contributed by atoms with E-state index in [1.54, 1.807) is 0 Å². The summed E-state index contributed by atoms with van der Waals surface area (Å²) in [6.45, 7) is 6.56. The highest BCUT2D eigenvalue weighted by Gasteiger charge is 2.09. The van der Waals surface area contributed by atoms with Crippen molar-refractivity contribution in [3.63, 3.8) is 0 Å². The van der Waals surface area contributed by atoms with Crippen LogP contribution in [0.1, 0.15) is 5.56 Å². The SMILES string of the molecule is Clc1cccc(CCOc2ccc(-c3cn(-c4ccc(OCCN5CCNCC5)cc4)cn3)cc2)c1. The van der Waals surface area contributed by atoms with Gasteiger partial charge in [0.2, 0.25) is 0 Å². The van der Waals surface area contributed by atoms with Crippen LogP contribution in [0.5, 0.6) is 11.5 Å². The topological polar surface area (TPSA) is 51.6 Å². The Balaban J connectivity index is 1.12. The molecule has 0 atom stereocenters. The Labute approximate surface area is 217 Å². The van der Waals surface area contributed by atoms with Crippen LogP contribution < -0.4 is 14.8 Å². The van der Waals surface area contributed by atoms with Gasteiger partial charge in [0, 0.05) is 61.6 Å². The van der Waals surface area contributed by atoms with E-state index in [9.17, 15) is 0 Å². The Kier molecular flexibility index (Phi) is 8.18. The van der Waals surface area contributed by atoms with Crippen molar-refractivity contribution in [3.8, 4) is 28.4 Å². The van der Waals surface area contributed by atoms with Crippen molar-refractivity contribution in [2.75, 3.05) is 45.9 Å². The third kappa shape index (κ3) is 6.66. The molecule has 1 saturated heterocycles. The van der Waals surface area contributed by atoms with Crippen LogP contribution >= 0.6 is 11.6 Å². The van der Waals surface area contributed by atoms with Crippen LogP contribution in [0.25, 0.3) is 16.9 Å². The largest absolute Gasteiger partial charge is 0.493 e. The van der Waals surface area contributed by atoms with E-state index in [4.69, 9.17) is 21.1 Å².